The minimum atomic E-state index is -0.778. The fourth-order valence-corrected chi connectivity index (χ4v) is 5.91. The van der Waals surface area contributed by atoms with Gasteiger partial charge in [0.05, 0.1) is 12.2 Å². The molecule has 0 saturated carbocycles. The average molecular weight is 555 g/mol. The van der Waals surface area contributed by atoms with E-state index in [-0.39, 0.29) is 18.4 Å². The molecule has 2 atom stereocenters. The predicted octanol–water partition coefficient (Wildman–Crippen LogP) is 6.67. The number of hydrogen-bond acceptors (Lipinski definition) is 6. The quantitative estimate of drug-likeness (QED) is 0.303. The van der Waals surface area contributed by atoms with E-state index >= 15 is 0 Å². The Morgan fingerprint density at radius 2 is 1.87 bits per heavy atom. The third kappa shape index (κ3) is 6.37. The molecular formula is C29H31ClN2O5S. The van der Waals surface area contributed by atoms with Gasteiger partial charge in [-0.1, -0.05) is 24.6 Å². The molecule has 0 aliphatic heterocycles. The predicted molar refractivity (Wildman–Crippen MR) is 151 cm³/mol. The third-order valence-electron chi connectivity index (χ3n) is 6.47. The maximum absolute atomic E-state index is 13.1. The van der Waals surface area contributed by atoms with E-state index in [1.54, 1.807) is 50.2 Å². The summed E-state index contributed by atoms with van der Waals surface area (Å²) in [4.78, 5) is 39.5. The van der Waals surface area contributed by atoms with E-state index in [0.717, 1.165) is 35.3 Å². The van der Waals surface area contributed by atoms with Gasteiger partial charge in [-0.25, -0.2) is 4.79 Å². The fourth-order valence-electron chi connectivity index (χ4n) is 4.34. The molecule has 2 N–H and O–H groups in total. The first-order valence-corrected chi connectivity index (χ1v) is 13.8. The topological polar surface area (TPSA) is 93.7 Å². The largest absolute Gasteiger partial charge is 0.481 e. The van der Waals surface area contributed by atoms with Gasteiger partial charge in [0, 0.05) is 21.2 Å². The number of rotatable bonds is 8. The van der Waals surface area contributed by atoms with Crippen LogP contribution < -0.4 is 15.4 Å². The lowest BCUT2D eigenvalue weighted by Crippen LogP contribution is -2.30. The number of esters is 1. The van der Waals surface area contributed by atoms with Crippen molar-refractivity contribution in [1.29, 1.82) is 0 Å². The van der Waals surface area contributed by atoms with Crippen LogP contribution in [0.1, 0.15) is 63.9 Å². The van der Waals surface area contributed by atoms with Gasteiger partial charge < -0.3 is 20.1 Å². The molecule has 9 heteroatoms. The number of nitrogens with one attached hydrogen (secondary N) is 2. The fraction of sp³-hybridized carbons (Fsp3) is 0.345. The van der Waals surface area contributed by atoms with Gasteiger partial charge in [0.25, 0.3) is 11.8 Å². The zero-order valence-electron chi connectivity index (χ0n) is 21.9. The second kappa shape index (κ2) is 12.0. The average Bonchev–Trinajstić information content (AvgIpc) is 3.23. The molecule has 1 aliphatic rings. The molecule has 1 aliphatic carbocycles. The monoisotopic (exact) mass is 554 g/mol. The number of halogens is 1. The molecule has 1 heterocycles. The molecule has 38 heavy (non-hydrogen) atoms. The SMILES string of the molecule is CCOC(=O)c1c(NC(=O)c2ccc(O[C@@H](C)C(=O)Nc3cc(Cl)ccc3C)cc2)sc2c1CC[C@@H](C)C2. The van der Waals surface area contributed by atoms with Crippen molar-refractivity contribution < 1.29 is 23.9 Å². The molecular weight excluding hydrogens is 524 g/mol. The van der Waals surface area contributed by atoms with E-state index in [1.807, 2.05) is 13.0 Å². The lowest BCUT2D eigenvalue weighted by molar-refractivity contribution is -0.122. The summed E-state index contributed by atoms with van der Waals surface area (Å²) in [6, 6.07) is 11.8. The Kier molecular flexibility index (Phi) is 8.74. The minimum absolute atomic E-state index is 0.268. The Hall–Kier alpha value is -3.36. The van der Waals surface area contributed by atoms with Gasteiger partial charge in [-0.3, -0.25) is 9.59 Å². The first-order chi connectivity index (χ1) is 18.2. The van der Waals surface area contributed by atoms with Crippen molar-refractivity contribution in [3.05, 3.63) is 74.6 Å². The summed E-state index contributed by atoms with van der Waals surface area (Å²) in [6.45, 7) is 7.75. The van der Waals surface area contributed by atoms with Crippen LogP contribution in [0.2, 0.25) is 5.02 Å². The Bertz CT molecular complexity index is 1350. The van der Waals surface area contributed by atoms with Crippen molar-refractivity contribution in [3.63, 3.8) is 0 Å². The third-order valence-corrected chi connectivity index (χ3v) is 7.88. The lowest BCUT2D eigenvalue weighted by atomic mass is 9.88. The highest BCUT2D eigenvalue weighted by Crippen LogP contribution is 2.40. The highest BCUT2D eigenvalue weighted by molar-refractivity contribution is 7.17. The van der Waals surface area contributed by atoms with Crippen LogP contribution in [0.25, 0.3) is 0 Å². The molecule has 0 unspecified atom stereocenters. The molecule has 0 bridgehead atoms. The highest BCUT2D eigenvalue weighted by Gasteiger charge is 2.29. The summed E-state index contributed by atoms with van der Waals surface area (Å²) in [7, 11) is 0. The molecule has 1 aromatic heterocycles. The molecule has 0 saturated heterocycles. The summed E-state index contributed by atoms with van der Waals surface area (Å²) in [6.07, 6.45) is 1.91. The number of thiophene rings is 1. The van der Waals surface area contributed by atoms with Crippen molar-refractivity contribution >= 4 is 51.4 Å². The van der Waals surface area contributed by atoms with Crippen LogP contribution in [0.15, 0.2) is 42.5 Å². The number of anilines is 2. The number of carbonyl (C=O) groups excluding carboxylic acids is 3. The summed E-state index contributed by atoms with van der Waals surface area (Å²) >= 11 is 7.48. The Balaban J connectivity index is 1.43. The first kappa shape index (κ1) is 27.7. The molecule has 2 amide bonds. The van der Waals surface area contributed by atoms with E-state index in [9.17, 15) is 14.4 Å². The zero-order chi connectivity index (χ0) is 27.4. The van der Waals surface area contributed by atoms with Gasteiger partial charge in [-0.2, -0.15) is 0 Å². The number of benzene rings is 2. The van der Waals surface area contributed by atoms with E-state index in [2.05, 4.69) is 17.6 Å². The van der Waals surface area contributed by atoms with E-state index in [4.69, 9.17) is 21.1 Å². The van der Waals surface area contributed by atoms with Crippen molar-refractivity contribution in [2.75, 3.05) is 17.2 Å². The molecule has 3 aromatic rings. The van der Waals surface area contributed by atoms with E-state index in [1.165, 1.54) is 11.3 Å². The van der Waals surface area contributed by atoms with Gasteiger partial charge in [0.1, 0.15) is 10.8 Å². The van der Waals surface area contributed by atoms with Crippen LogP contribution in [0, 0.1) is 12.8 Å². The standard InChI is InChI=1S/C29H31ClN2O5S/c1-5-36-29(35)25-22-13-6-16(2)14-24(22)38-28(25)32-27(34)19-8-11-21(12-9-19)37-18(4)26(33)31-23-15-20(30)10-7-17(23)3/h7-12,15-16,18H,5-6,13-14H2,1-4H3,(H,31,33)(H,32,34)/t16-,18+/m1/s1. The zero-order valence-corrected chi connectivity index (χ0v) is 23.4. The van der Waals surface area contributed by atoms with Crippen LogP contribution in [0.4, 0.5) is 10.7 Å². The Morgan fingerprint density at radius 1 is 1.13 bits per heavy atom. The van der Waals surface area contributed by atoms with E-state index in [0.29, 0.717) is 38.5 Å². The summed E-state index contributed by atoms with van der Waals surface area (Å²) in [5.41, 5.74) is 3.38. The highest BCUT2D eigenvalue weighted by atomic mass is 35.5. The van der Waals surface area contributed by atoms with Crippen LogP contribution in [-0.2, 0) is 22.4 Å². The smallest absolute Gasteiger partial charge is 0.341 e. The minimum Gasteiger partial charge on any atom is -0.481 e. The van der Waals surface area contributed by atoms with Gasteiger partial charge in [-0.05, 0) is 93.5 Å². The number of aryl methyl sites for hydroxylation is 1. The van der Waals surface area contributed by atoms with Crippen LogP contribution in [0.3, 0.4) is 0 Å². The summed E-state index contributed by atoms with van der Waals surface area (Å²) in [5, 5.41) is 6.79. The number of carbonyl (C=O) groups is 3. The van der Waals surface area contributed by atoms with Crippen LogP contribution in [-0.4, -0.2) is 30.5 Å². The van der Waals surface area contributed by atoms with Gasteiger partial charge in [0.2, 0.25) is 0 Å². The molecule has 0 spiro atoms. The molecule has 2 aromatic carbocycles. The second-order valence-electron chi connectivity index (χ2n) is 9.46. The van der Waals surface area contributed by atoms with Crippen molar-refractivity contribution in [1.82, 2.24) is 0 Å². The molecule has 200 valence electrons. The summed E-state index contributed by atoms with van der Waals surface area (Å²) in [5.74, 6) is -0.0828. The Morgan fingerprint density at radius 3 is 2.58 bits per heavy atom. The molecule has 0 fully saturated rings. The number of hydrogen-bond donors (Lipinski definition) is 2. The van der Waals surface area contributed by atoms with Crippen molar-refractivity contribution in [2.45, 2.75) is 53.1 Å². The molecule has 4 rings (SSSR count). The van der Waals surface area contributed by atoms with Gasteiger partial charge in [-0.15, -0.1) is 11.3 Å². The maximum atomic E-state index is 13.1. The number of amides is 2. The van der Waals surface area contributed by atoms with E-state index < -0.39 is 12.1 Å². The normalized spacial score (nSPS) is 15.2. The first-order valence-electron chi connectivity index (χ1n) is 12.6. The van der Waals surface area contributed by atoms with Crippen molar-refractivity contribution in [2.24, 2.45) is 5.92 Å². The number of fused-ring (bicyclic) bond motifs is 1. The molecule has 7 nitrogen and oxygen atoms in total. The van der Waals surface area contributed by atoms with Gasteiger partial charge >= 0.3 is 5.97 Å². The lowest BCUT2D eigenvalue weighted by Gasteiger charge is -2.18. The summed E-state index contributed by atoms with van der Waals surface area (Å²) < 4.78 is 11.1. The van der Waals surface area contributed by atoms with Gasteiger partial charge in [0.15, 0.2) is 6.10 Å². The van der Waals surface area contributed by atoms with Crippen LogP contribution >= 0.6 is 22.9 Å². The second-order valence-corrected chi connectivity index (χ2v) is 11.0. The van der Waals surface area contributed by atoms with Crippen molar-refractivity contribution in [3.8, 4) is 5.75 Å². The number of ether oxygens (including phenoxy) is 2. The Labute approximate surface area is 231 Å². The molecule has 0 radical (unpaired) electrons. The maximum Gasteiger partial charge on any atom is 0.341 e. The van der Waals surface area contributed by atoms with Crippen LogP contribution in [0.5, 0.6) is 5.75 Å².